The van der Waals surface area contributed by atoms with Gasteiger partial charge in [-0.1, -0.05) is 12.1 Å². The largest absolute Gasteiger partial charge is 0.376 e. The molecule has 1 fully saturated rings. The average Bonchev–Trinajstić information content (AvgIpc) is 3.00. The maximum atomic E-state index is 11.8. The molecule has 3 unspecified atom stereocenters. The molecule has 1 aromatic rings. The van der Waals surface area contributed by atoms with Crippen molar-refractivity contribution < 1.29 is 9.53 Å². The van der Waals surface area contributed by atoms with Gasteiger partial charge < -0.3 is 15.8 Å². The molecule has 2 aliphatic heterocycles. The van der Waals surface area contributed by atoms with Crippen molar-refractivity contribution in [2.24, 2.45) is 5.73 Å². The number of benzene rings is 1. The lowest BCUT2D eigenvalue weighted by Crippen LogP contribution is -2.25. The van der Waals surface area contributed by atoms with Gasteiger partial charge in [-0.2, -0.15) is 0 Å². The Hall–Kier alpha value is -1.39. The highest BCUT2D eigenvalue weighted by Crippen LogP contribution is 2.37. The van der Waals surface area contributed by atoms with Crippen molar-refractivity contribution >= 4 is 11.6 Å². The molecule has 1 saturated heterocycles. The van der Waals surface area contributed by atoms with Gasteiger partial charge in [0, 0.05) is 12.3 Å². The molecule has 0 bridgehead atoms. The minimum atomic E-state index is -0.102. The van der Waals surface area contributed by atoms with Crippen LogP contribution >= 0.6 is 0 Å². The second-order valence-electron chi connectivity index (χ2n) is 5.59. The van der Waals surface area contributed by atoms with Gasteiger partial charge in [-0.3, -0.25) is 4.79 Å². The number of rotatable bonds is 2. The summed E-state index contributed by atoms with van der Waals surface area (Å²) >= 11 is 0. The van der Waals surface area contributed by atoms with Crippen molar-refractivity contribution in [1.29, 1.82) is 0 Å². The molecule has 4 nitrogen and oxygen atoms in total. The Morgan fingerprint density at radius 1 is 1.47 bits per heavy atom. The SMILES string of the molecule is Cc1cc(C(N)C2CCCO2)cc2c1NC(=O)C2C. The Bertz CT molecular complexity index is 521. The first kappa shape index (κ1) is 12.6. The number of hydrogen-bond acceptors (Lipinski definition) is 3. The summed E-state index contributed by atoms with van der Waals surface area (Å²) in [6.45, 7) is 4.75. The lowest BCUT2D eigenvalue weighted by molar-refractivity contribution is -0.116. The molecule has 2 heterocycles. The summed E-state index contributed by atoms with van der Waals surface area (Å²) < 4.78 is 5.67. The van der Waals surface area contributed by atoms with E-state index >= 15 is 0 Å². The molecular weight excluding hydrogens is 240 g/mol. The molecule has 3 N–H and O–H groups in total. The van der Waals surface area contributed by atoms with Crippen LogP contribution in [-0.2, 0) is 9.53 Å². The molecule has 0 aromatic heterocycles. The van der Waals surface area contributed by atoms with Gasteiger partial charge in [-0.15, -0.1) is 0 Å². The van der Waals surface area contributed by atoms with E-state index in [9.17, 15) is 4.79 Å². The van der Waals surface area contributed by atoms with E-state index in [1.165, 1.54) is 0 Å². The molecule has 3 rings (SSSR count). The molecule has 0 saturated carbocycles. The monoisotopic (exact) mass is 260 g/mol. The number of ether oxygens (including phenoxy) is 1. The lowest BCUT2D eigenvalue weighted by atomic mass is 9.92. The van der Waals surface area contributed by atoms with Crippen LogP contribution in [0.3, 0.4) is 0 Å². The van der Waals surface area contributed by atoms with Crippen LogP contribution in [0.25, 0.3) is 0 Å². The molecule has 102 valence electrons. The molecule has 1 amide bonds. The van der Waals surface area contributed by atoms with Gasteiger partial charge in [0.2, 0.25) is 5.91 Å². The van der Waals surface area contributed by atoms with Crippen LogP contribution in [0.5, 0.6) is 0 Å². The molecule has 3 atom stereocenters. The number of carbonyl (C=O) groups excluding carboxylic acids is 1. The third kappa shape index (κ3) is 2.05. The van der Waals surface area contributed by atoms with Crippen LogP contribution in [0, 0.1) is 6.92 Å². The maximum Gasteiger partial charge on any atom is 0.231 e. The van der Waals surface area contributed by atoms with Crippen molar-refractivity contribution in [3.63, 3.8) is 0 Å². The fraction of sp³-hybridized carbons (Fsp3) is 0.533. The van der Waals surface area contributed by atoms with Gasteiger partial charge in [0.15, 0.2) is 0 Å². The minimum Gasteiger partial charge on any atom is -0.376 e. The molecule has 1 aromatic carbocycles. The molecule has 0 radical (unpaired) electrons. The number of nitrogens with two attached hydrogens (primary N) is 1. The fourth-order valence-electron chi connectivity index (χ4n) is 3.02. The van der Waals surface area contributed by atoms with Crippen LogP contribution in [0.2, 0.25) is 0 Å². The number of aryl methyl sites for hydroxylation is 1. The number of anilines is 1. The van der Waals surface area contributed by atoms with Crippen molar-refractivity contribution in [1.82, 2.24) is 0 Å². The van der Waals surface area contributed by atoms with Crippen LogP contribution in [0.4, 0.5) is 5.69 Å². The predicted molar refractivity (Wildman–Crippen MR) is 74.1 cm³/mol. The standard InChI is InChI=1S/C15H20N2O2/c1-8-6-10(13(16)12-4-3-5-19-12)7-11-9(2)15(18)17-14(8)11/h6-7,9,12-13H,3-5,16H2,1-2H3,(H,17,18). The summed E-state index contributed by atoms with van der Waals surface area (Å²) in [5.41, 5.74) is 10.5. The predicted octanol–water partition coefficient (Wildman–Crippen LogP) is 2.23. The fourth-order valence-corrected chi connectivity index (χ4v) is 3.02. The summed E-state index contributed by atoms with van der Waals surface area (Å²) in [5, 5.41) is 2.94. The van der Waals surface area contributed by atoms with E-state index in [1.54, 1.807) is 0 Å². The van der Waals surface area contributed by atoms with Crippen molar-refractivity contribution in [3.05, 3.63) is 28.8 Å². The van der Waals surface area contributed by atoms with E-state index in [0.29, 0.717) is 0 Å². The third-order valence-corrected chi connectivity index (χ3v) is 4.25. The van der Waals surface area contributed by atoms with Crippen LogP contribution in [0.1, 0.15) is 48.4 Å². The summed E-state index contributed by atoms with van der Waals surface area (Å²) in [4.78, 5) is 11.8. The summed E-state index contributed by atoms with van der Waals surface area (Å²) in [6.07, 6.45) is 2.21. The number of fused-ring (bicyclic) bond motifs is 1. The topological polar surface area (TPSA) is 64.3 Å². The second kappa shape index (κ2) is 4.62. The Morgan fingerprint density at radius 2 is 2.26 bits per heavy atom. The Kier molecular flexibility index (Phi) is 3.07. The average molecular weight is 260 g/mol. The van der Waals surface area contributed by atoms with Crippen LogP contribution in [-0.4, -0.2) is 18.6 Å². The number of amides is 1. The van der Waals surface area contributed by atoms with Crippen molar-refractivity contribution in [2.45, 2.75) is 44.8 Å². The summed E-state index contributed by atoms with van der Waals surface area (Å²) in [6, 6.07) is 4.04. The first-order valence-corrected chi connectivity index (χ1v) is 6.90. The van der Waals surface area contributed by atoms with Crippen LogP contribution in [0.15, 0.2) is 12.1 Å². The van der Waals surface area contributed by atoms with E-state index in [0.717, 1.165) is 41.8 Å². The van der Waals surface area contributed by atoms with E-state index in [-0.39, 0.29) is 24.0 Å². The highest BCUT2D eigenvalue weighted by atomic mass is 16.5. The van der Waals surface area contributed by atoms with E-state index < -0.39 is 0 Å². The van der Waals surface area contributed by atoms with Gasteiger partial charge in [0.05, 0.1) is 18.1 Å². The molecule has 0 spiro atoms. The van der Waals surface area contributed by atoms with Gasteiger partial charge in [-0.05, 0) is 43.4 Å². The quantitative estimate of drug-likeness (QED) is 0.857. The first-order chi connectivity index (χ1) is 9.08. The highest BCUT2D eigenvalue weighted by Gasteiger charge is 2.30. The minimum absolute atomic E-state index is 0.0703. The van der Waals surface area contributed by atoms with Gasteiger partial charge in [-0.25, -0.2) is 0 Å². The van der Waals surface area contributed by atoms with Gasteiger partial charge in [0.25, 0.3) is 0 Å². The molecule has 0 aliphatic carbocycles. The highest BCUT2D eigenvalue weighted by molar-refractivity contribution is 6.03. The zero-order chi connectivity index (χ0) is 13.6. The number of carbonyl (C=O) groups is 1. The zero-order valence-electron chi connectivity index (χ0n) is 11.4. The number of hydrogen-bond donors (Lipinski definition) is 2. The summed E-state index contributed by atoms with van der Waals surface area (Å²) in [7, 11) is 0. The van der Waals surface area contributed by atoms with Crippen molar-refractivity contribution in [3.8, 4) is 0 Å². The van der Waals surface area contributed by atoms with Crippen molar-refractivity contribution in [2.75, 3.05) is 11.9 Å². The normalized spacial score (nSPS) is 27.2. The lowest BCUT2D eigenvalue weighted by Gasteiger charge is -2.20. The maximum absolute atomic E-state index is 11.8. The zero-order valence-corrected chi connectivity index (χ0v) is 11.4. The molecule has 4 heteroatoms. The third-order valence-electron chi connectivity index (χ3n) is 4.25. The number of nitrogens with one attached hydrogen (secondary N) is 1. The van der Waals surface area contributed by atoms with Crippen LogP contribution < -0.4 is 11.1 Å². The molecular formula is C15H20N2O2. The Labute approximate surface area is 113 Å². The smallest absolute Gasteiger partial charge is 0.231 e. The van der Waals surface area contributed by atoms with Gasteiger partial charge >= 0.3 is 0 Å². The molecule has 19 heavy (non-hydrogen) atoms. The van der Waals surface area contributed by atoms with Gasteiger partial charge in [0.1, 0.15) is 0 Å². The Balaban J connectivity index is 1.96. The van der Waals surface area contributed by atoms with E-state index in [1.807, 2.05) is 13.8 Å². The molecule has 2 aliphatic rings. The first-order valence-electron chi connectivity index (χ1n) is 6.90. The second-order valence-corrected chi connectivity index (χ2v) is 5.59. The van der Waals surface area contributed by atoms with E-state index in [2.05, 4.69) is 17.4 Å². The summed E-state index contributed by atoms with van der Waals surface area (Å²) in [5.74, 6) is -0.0220. The van der Waals surface area contributed by atoms with E-state index in [4.69, 9.17) is 10.5 Å². The Morgan fingerprint density at radius 3 is 2.95 bits per heavy atom.